The summed E-state index contributed by atoms with van der Waals surface area (Å²) >= 11 is 0. The monoisotopic (exact) mass is 572 g/mol. The normalized spacial score (nSPS) is 26.6. The molecule has 6 atom stereocenters. The Balaban J connectivity index is 2.62. The lowest BCUT2D eigenvalue weighted by Crippen LogP contribution is -2.56. The van der Waals surface area contributed by atoms with Gasteiger partial charge in [-0.2, -0.15) is 8.42 Å². The lowest BCUT2D eigenvalue weighted by atomic mass is 9.89. The summed E-state index contributed by atoms with van der Waals surface area (Å²) in [5.74, 6) is -0.328. The van der Waals surface area contributed by atoms with E-state index in [0.717, 1.165) is 25.7 Å². The predicted molar refractivity (Wildman–Crippen MR) is 128 cm³/mol. The maximum atomic E-state index is 12.4. The van der Waals surface area contributed by atoms with Gasteiger partial charge in [0, 0.05) is 12.1 Å². The summed E-state index contributed by atoms with van der Waals surface area (Å²) in [4.78, 5) is 36.5. The molecule has 0 aromatic carbocycles. The smallest absolute Gasteiger partial charge is 0.388 e. The summed E-state index contributed by atoms with van der Waals surface area (Å²) in [5, 5.41) is 10.5. The number of aliphatic hydroxyl groups is 1. The third-order valence-electron chi connectivity index (χ3n) is 5.54. The Morgan fingerprint density at radius 1 is 0.824 bits per heavy atom. The van der Waals surface area contributed by atoms with E-state index in [4.69, 9.17) is 23.8 Å². The molecule has 1 fully saturated rings. The molecular weight excluding hydrogens is 533 g/mol. The van der Waals surface area contributed by atoms with Gasteiger partial charge >= 0.3 is 15.6 Å². The summed E-state index contributed by atoms with van der Waals surface area (Å²) < 4.78 is 61.6. The van der Waals surface area contributed by atoms with Crippen LogP contribution in [0.4, 0.5) is 0 Å². The van der Waals surface area contributed by atoms with Crippen molar-refractivity contribution in [2.24, 2.45) is 0 Å². The molecule has 1 saturated carbocycles. The van der Waals surface area contributed by atoms with Gasteiger partial charge in [0.15, 0.2) is 0 Å². The molecule has 0 aliphatic heterocycles. The molecule has 204 valence electrons. The molecule has 16 heteroatoms. The number of aliphatic hydroxyl groups excluding tert-OH is 1. The molecule has 0 spiro atoms. The van der Waals surface area contributed by atoms with Crippen LogP contribution in [-0.2, 0) is 32.5 Å². The average molecular weight is 572 g/mol. The van der Waals surface area contributed by atoms with Crippen molar-refractivity contribution < 1.29 is 55.5 Å². The fraction of sp³-hybridized carbons (Fsp3) is 1.00. The summed E-state index contributed by atoms with van der Waals surface area (Å²) in [6.45, 7) is 2.16. The maximum Gasteiger partial charge on any atom is 0.469 e. The first-order chi connectivity index (χ1) is 15.7. The van der Waals surface area contributed by atoms with E-state index in [2.05, 4.69) is 16.0 Å². The minimum Gasteiger partial charge on any atom is -0.388 e. The first kappa shape index (κ1) is 32.5. The van der Waals surface area contributed by atoms with Gasteiger partial charge in [-0.05, 0) is 6.42 Å². The van der Waals surface area contributed by atoms with Crippen LogP contribution < -0.4 is 0 Å². The largest absolute Gasteiger partial charge is 0.469 e. The van der Waals surface area contributed by atoms with Crippen LogP contribution in [0.5, 0.6) is 0 Å². The fourth-order valence-corrected chi connectivity index (χ4v) is 7.05. The number of unbranched alkanes of at least 4 members (excludes halogenated alkanes) is 9. The Bertz CT molecular complexity index is 783. The van der Waals surface area contributed by atoms with Crippen molar-refractivity contribution in [3.8, 4) is 0 Å². The van der Waals surface area contributed by atoms with Crippen molar-refractivity contribution in [1.82, 2.24) is 0 Å². The van der Waals surface area contributed by atoms with Gasteiger partial charge in [-0.15, -0.1) is 9.24 Å². The Kier molecular flexibility index (Phi) is 14.4. The van der Waals surface area contributed by atoms with E-state index in [-0.39, 0.29) is 5.75 Å². The second-order valence-electron chi connectivity index (χ2n) is 8.58. The maximum absolute atomic E-state index is 12.4. The zero-order chi connectivity index (χ0) is 26.0. The summed E-state index contributed by atoms with van der Waals surface area (Å²) in [7, 11) is -12.3. The Morgan fingerprint density at radius 3 is 1.76 bits per heavy atom. The first-order valence-corrected chi connectivity index (χ1v) is 16.8. The van der Waals surface area contributed by atoms with E-state index in [1.165, 1.54) is 25.7 Å². The van der Waals surface area contributed by atoms with Crippen LogP contribution in [0.15, 0.2) is 0 Å². The number of hydrogen-bond donors (Lipinski definition) is 5. The van der Waals surface area contributed by atoms with Gasteiger partial charge in [0.1, 0.15) is 18.3 Å². The zero-order valence-corrected chi connectivity index (χ0v) is 23.1. The minimum absolute atomic E-state index is 0.328. The van der Waals surface area contributed by atoms with Crippen molar-refractivity contribution in [2.75, 3.05) is 5.75 Å². The van der Waals surface area contributed by atoms with Crippen molar-refractivity contribution in [1.29, 1.82) is 0 Å². The van der Waals surface area contributed by atoms with Crippen LogP contribution >= 0.6 is 24.9 Å². The summed E-state index contributed by atoms with van der Waals surface area (Å²) in [6, 6.07) is 0. The molecule has 1 aliphatic carbocycles. The molecule has 1 aliphatic rings. The Hall–Kier alpha value is 0.520. The number of phosphoric acid groups is 2. The molecule has 0 saturated heterocycles. The van der Waals surface area contributed by atoms with Crippen LogP contribution in [0.2, 0.25) is 0 Å². The fourth-order valence-electron chi connectivity index (χ4n) is 3.86. The molecule has 34 heavy (non-hydrogen) atoms. The van der Waals surface area contributed by atoms with Crippen molar-refractivity contribution >= 4 is 35.0 Å². The van der Waals surface area contributed by atoms with Gasteiger partial charge < -0.3 is 24.7 Å². The Morgan fingerprint density at radius 2 is 1.29 bits per heavy atom. The summed E-state index contributed by atoms with van der Waals surface area (Å²) in [6.07, 6.45) is 3.07. The van der Waals surface area contributed by atoms with Crippen LogP contribution in [0.1, 0.15) is 77.6 Å². The highest BCUT2D eigenvalue weighted by atomic mass is 32.2. The second-order valence-corrected chi connectivity index (χ2v) is 13.4. The SMILES string of the molecule is CCCCCCCCCCCCS(=O)(=O)OC1CC(OP(=O)(O)O)C(P)C(OP(=O)(O)O)C1O. The van der Waals surface area contributed by atoms with E-state index in [9.17, 15) is 22.7 Å². The molecule has 6 unspecified atom stereocenters. The highest BCUT2D eigenvalue weighted by Gasteiger charge is 2.49. The number of rotatable bonds is 17. The highest BCUT2D eigenvalue weighted by Crippen LogP contribution is 2.47. The molecular formula is C18H39O12P3S. The van der Waals surface area contributed by atoms with E-state index in [0.29, 0.717) is 12.8 Å². The lowest BCUT2D eigenvalue weighted by molar-refractivity contribution is -0.0966. The van der Waals surface area contributed by atoms with Crippen LogP contribution in [0, 0.1) is 0 Å². The van der Waals surface area contributed by atoms with E-state index in [1.54, 1.807) is 0 Å². The molecule has 1 rings (SSSR count). The highest BCUT2D eigenvalue weighted by molar-refractivity contribution is 7.86. The summed E-state index contributed by atoms with van der Waals surface area (Å²) in [5.41, 5.74) is -1.17. The quantitative estimate of drug-likeness (QED) is 0.0972. The van der Waals surface area contributed by atoms with Gasteiger partial charge in [-0.3, -0.25) is 13.2 Å². The Labute approximate surface area is 204 Å². The van der Waals surface area contributed by atoms with Crippen LogP contribution in [0.3, 0.4) is 0 Å². The number of phosphoric ester groups is 2. The van der Waals surface area contributed by atoms with Gasteiger partial charge in [0.2, 0.25) is 0 Å². The van der Waals surface area contributed by atoms with E-state index < -0.39 is 62.3 Å². The molecule has 12 nitrogen and oxygen atoms in total. The molecule has 0 heterocycles. The molecule has 0 aromatic rings. The van der Waals surface area contributed by atoms with Crippen molar-refractivity contribution in [2.45, 2.75) is 108 Å². The van der Waals surface area contributed by atoms with Gasteiger partial charge in [0.05, 0.1) is 11.9 Å². The predicted octanol–water partition coefficient (Wildman–Crippen LogP) is 2.59. The molecule has 0 aromatic heterocycles. The van der Waals surface area contributed by atoms with E-state index in [1.807, 2.05) is 9.24 Å². The molecule has 5 N–H and O–H groups in total. The zero-order valence-electron chi connectivity index (χ0n) is 19.3. The average Bonchev–Trinajstić information content (AvgIpc) is 2.68. The van der Waals surface area contributed by atoms with E-state index >= 15 is 0 Å². The molecule has 0 bridgehead atoms. The second kappa shape index (κ2) is 15.1. The van der Waals surface area contributed by atoms with Crippen LogP contribution in [0.25, 0.3) is 0 Å². The van der Waals surface area contributed by atoms with Gasteiger partial charge in [-0.1, -0.05) is 64.7 Å². The van der Waals surface area contributed by atoms with Gasteiger partial charge in [-0.25, -0.2) is 9.13 Å². The molecule has 0 radical (unpaired) electrons. The molecule has 0 amide bonds. The third-order valence-corrected chi connectivity index (χ3v) is 8.74. The van der Waals surface area contributed by atoms with Crippen molar-refractivity contribution in [3.63, 3.8) is 0 Å². The van der Waals surface area contributed by atoms with Crippen molar-refractivity contribution in [3.05, 3.63) is 0 Å². The lowest BCUT2D eigenvalue weighted by Gasteiger charge is -2.42. The topological polar surface area (TPSA) is 197 Å². The number of hydrogen-bond acceptors (Lipinski definition) is 8. The minimum atomic E-state index is -5.13. The van der Waals surface area contributed by atoms with Gasteiger partial charge in [0.25, 0.3) is 10.1 Å². The van der Waals surface area contributed by atoms with Crippen LogP contribution in [-0.4, -0.2) is 68.9 Å². The standard InChI is InChI=1S/C18H39O12P3S/c1-2-3-4-5-6-7-8-9-10-11-12-34(26,27)30-14-13-15(28-32(20,21)22)18(31)17(16(14)19)29-33(23,24)25/h14-19H,2-13,31H2,1H3,(H2,20,21,22)(H2,23,24,25). The third kappa shape index (κ3) is 13.7. The first-order valence-electron chi connectivity index (χ1n) is 11.5.